The standard InChI is InChI=1S/C12H14N4O2S.ClH/c1-17-9-4-3-7(5-10(9)18-2)8-6-19-12(15-8)16-11(13)14;/h3-6H,1-2H3,(H4,13,14,15,16);1H. The maximum atomic E-state index is 5.31. The van der Waals surface area contributed by atoms with E-state index in [-0.39, 0.29) is 18.4 Å². The highest BCUT2D eigenvalue weighted by Gasteiger charge is 2.09. The summed E-state index contributed by atoms with van der Waals surface area (Å²) in [7, 11) is 3.19. The number of hydrogen-bond acceptors (Lipinski definition) is 5. The largest absolute Gasteiger partial charge is 0.493 e. The third-order valence-corrected chi connectivity index (χ3v) is 3.13. The topological polar surface area (TPSA) is 95.8 Å². The number of ether oxygens (including phenoxy) is 2. The quantitative estimate of drug-likeness (QED) is 0.666. The lowest BCUT2D eigenvalue weighted by Gasteiger charge is -2.08. The van der Waals surface area contributed by atoms with Crippen molar-refractivity contribution in [2.24, 2.45) is 16.5 Å². The summed E-state index contributed by atoms with van der Waals surface area (Å²) in [6, 6.07) is 5.58. The van der Waals surface area contributed by atoms with Gasteiger partial charge in [-0.25, -0.2) is 4.98 Å². The second-order valence-electron chi connectivity index (χ2n) is 3.62. The number of thiazole rings is 1. The molecule has 6 nitrogen and oxygen atoms in total. The van der Waals surface area contributed by atoms with Crippen molar-refractivity contribution in [3.05, 3.63) is 23.6 Å². The van der Waals surface area contributed by atoms with E-state index >= 15 is 0 Å². The smallest absolute Gasteiger partial charge is 0.212 e. The van der Waals surface area contributed by atoms with Gasteiger partial charge in [-0.2, -0.15) is 4.99 Å². The van der Waals surface area contributed by atoms with Crippen molar-refractivity contribution in [3.8, 4) is 22.8 Å². The number of guanidine groups is 1. The molecule has 0 saturated heterocycles. The van der Waals surface area contributed by atoms with E-state index < -0.39 is 0 Å². The highest BCUT2D eigenvalue weighted by Crippen LogP contribution is 2.33. The maximum absolute atomic E-state index is 5.31. The molecule has 20 heavy (non-hydrogen) atoms. The van der Waals surface area contributed by atoms with Crippen molar-refractivity contribution >= 4 is 34.8 Å². The third kappa shape index (κ3) is 3.52. The Morgan fingerprint density at radius 1 is 1.20 bits per heavy atom. The van der Waals surface area contributed by atoms with E-state index in [2.05, 4.69) is 9.98 Å². The van der Waals surface area contributed by atoms with Crippen molar-refractivity contribution in [1.82, 2.24) is 4.98 Å². The van der Waals surface area contributed by atoms with E-state index in [9.17, 15) is 0 Å². The Labute approximate surface area is 126 Å². The molecule has 2 rings (SSSR count). The van der Waals surface area contributed by atoms with Gasteiger partial charge in [0.15, 0.2) is 17.5 Å². The van der Waals surface area contributed by atoms with Crippen LogP contribution in [0.25, 0.3) is 11.3 Å². The number of nitrogens with two attached hydrogens (primary N) is 2. The van der Waals surface area contributed by atoms with Gasteiger partial charge < -0.3 is 20.9 Å². The van der Waals surface area contributed by atoms with Crippen LogP contribution in [0.15, 0.2) is 28.6 Å². The molecule has 0 unspecified atom stereocenters. The van der Waals surface area contributed by atoms with Gasteiger partial charge in [-0.1, -0.05) is 0 Å². The molecular formula is C12H15ClN4O2S. The normalized spacial score (nSPS) is 9.50. The molecule has 108 valence electrons. The van der Waals surface area contributed by atoms with Gasteiger partial charge in [-0.05, 0) is 18.2 Å². The molecule has 0 atom stereocenters. The monoisotopic (exact) mass is 314 g/mol. The second kappa shape index (κ2) is 6.97. The number of benzene rings is 1. The summed E-state index contributed by atoms with van der Waals surface area (Å²) >= 11 is 1.37. The highest BCUT2D eigenvalue weighted by atomic mass is 35.5. The number of methoxy groups -OCH3 is 2. The molecule has 0 aliphatic rings. The number of hydrogen-bond donors (Lipinski definition) is 2. The number of halogens is 1. The van der Waals surface area contributed by atoms with Crippen LogP contribution in [-0.4, -0.2) is 25.2 Å². The van der Waals surface area contributed by atoms with E-state index in [1.165, 1.54) is 11.3 Å². The molecular weight excluding hydrogens is 300 g/mol. The number of aromatic nitrogens is 1. The Balaban J connectivity index is 0.00000200. The Morgan fingerprint density at radius 3 is 2.50 bits per heavy atom. The first-order valence-corrected chi connectivity index (χ1v) is 6.29. The molecule has 8 heteroatoms. The van der Waals surface area contributed by atoms with Crippen molar-refractivity contribution in [1.29, 1.82) is 0 Å². The van der Waals surface area contributed by atoms with Crippen molar-refractivity contribution in [2.75, 3.05) is 14.2 Å². The molecule has 1 heterocycles. The fourth-order valence-corrected chi connectivity index (χ4v) is 2.27. The average molecular weight is 315 g/mol. The predicted molar refractivity (Wildman–Crippen MR) is 83.4 cm³/mol. The van der Waals surface area contributed by atoms with E-state index in [1.807, 2.05) is 23.6 Å². The molecule has 0 bridgehead atoms. The zero-order valence-electron chi connectivity index (χ0n) is 11.0. The molecule has 1 aromatic carbocycles. The zero-order valence-corrected chi connectivity index (χ0v) is 12.6. The molecule has 0 aliphatic carbocycles. The molecule has 0 spiro atoms. The van der Waals surface area contributed by atoms with Gasteiger partial charge >= 0.3 is 0 Å². The molecule has 2 aromatic rings. The maximum Gasteiger partial charge on any atom is 0.212 e. The first-order chi connectivity index (χ1) is 9.13. The fourth-order valence-electron chi connectivity index (χ4n) is 1.55. The van der Waals surface area contributed by atoms with Crippen LogP contribution in [0.5, 0.6) is 11.5 Å². The van der Waals surface area contributed by atoms with Crippen LogP contribution >= 0.6 is 23.7 Å². The lowest BCUT2D eigenvalue weighted by atomic mass is 10.1. The van der Waals surface area contributed by atoms with Crippen LogP contribution in [-0.2, 0) is 0 Å². The number of nitrogens with zero attached hydrogens (tertiary/aromatic N) is 2. The van der Waals surface area contributed by atoms with Gasteiger partial charge in [-0.3, -0.25) is 0 Å². The Kier molecular flexibility index (Phi) is 5.60. The van der Waals surface area contributed by atoms with Crippen LogP contribution in [0, 0.1) is 0 Å². The van der Waals surface area contributed by atoms with Crippen LogP contribution in [0.2, 0.25) is 0 Å². The summed E-state index contributed by atoms with van der Waals surface area (Å²) in [6.07, 6.45) is 0. The van der Waals surface area contributed by atoms with Crippen molar-refractivity contribution in [3.63, 3.8) is 0 Å². The molecule has 0 amide bonds. The molecule has 0 fully saturated rings. The van der Waals surface area contributed by atoms with Gasteiger partial charge in [0.1, 0.15) is 0 Å². The van der Waals surface area contributed by atoms with Gasteiger partial charge in [0.05, 0.1) is 19.9 Å². The molecule has 1 aromatic heterocycles. The van der Waals surface area contributed by atoms with E-state index in [0.717, 1.165) is 11.3 Å². The lowest BCUT2D eigenvalue weighted by molar-refractivity contribution is 0.355. The summed E-state index contributed by atoms with van der Waals surface area (Å²) < 4.78 is 10.4. The Bertz CT molecular complexity index is 611. The summed E-state index contributed by atoms with van der Waals surface area (Å²) in [6.45, 7) is 0. The van der Waals surface area contributed by atoms with Gasteiger partial charge in [0.25, 0.3) is 0 Å². The predicted octanol–water partition coefficient (Wildman–Crippen LogP) is 2.15. The fraction of sp³-hybridized carbons (Fsp3) is 0.167. The van der Waals surface area contributed by atoms with Crippen LogP contribution < -0.4 is 20.9 Å². The summed E-state index contributed by atoms with van der Waals surface area (Å²) in [5.74, 6) is 1.32. The molecule has 4 N–H and O–H groups in total. The lowest BCUT2D eigenvalue weighted by Crippen LogP contribution is -2.21. The first kappa shape index (κ1) is 16.1. The van der Waals surface area contributed by atoms with Crippen LogP contribution in [0.4, 0.5) is 5.13 Å². The second-order valence-corrected chi connectivity index (χ2v) is 4.46. The van der Waals surface area contributed by atoms with E-state index in [1.54, 1.807) is 14.2 Å². The van der Waals surface area contributed by atoms with Crippen molar-refractivity contribution < 1.29 is 9.47 Å². The van der Waals surface area contributed by atoms with Gasteiger partial charge in [0, 0.05) is 10.9 Å². The summed E-state index contributed by atoms with van der Waals surface area (Å²) in [5, 5.41) is 2.40. The number of rotatable bonds is 4. The summed E-state index contributed by atoms with van der Waals surface area (Å²) in [5.41, 5.74) is 12.3. The minimum Gasteiger partial charge on any atom is -0.493 e. The SMILES string of the molecule is COc1ccc(-c2csc(N=C(N)N)n2)cc1OC.Cl. The highest BCUT2D eigenvalue weighted by molar-refractivity contribution is 7.13. The Morgan fingerprint density at radius 2 is 1.90 bits per heavy atom. The van der Waals surface area contributed by atoms with Gasteiger partial charge in [-0.15, -0.1) is 23.7 Å². The zero-order chi connectivity index (χ0) is 13.8. The van der Waals surface area contributed by atoms with E-state index in [4.69, 9.17) is 20.9 Å². The summed E-state index contributed by atoms with van der Waals surface area (Å²) in [4.78, 5) is 8.23. The Hall–Kier alpha value is -1.99. The first-order valence-electron chi connectivity index (χ1n) is 5.41. The average Bonchev–Trinajstić information content (AvgIpc) is 2.85. The van der Waals surface area contributed by atoms with Crippen LogP contribution in [0.3, 0.4) is 0 Å². The minimum absolute atomic E-state index is 0. The van der Waals surface area contributed by atoms with Crippen molar-refractivity contribution in [2.45, 2.75) is 0 Å². The van der Waals surface area contributed by atoms with E-state index in [0.29, 0.717) is 16.6 Å². The third-order valence-electron chi connectivity index (χ3n) is 2.40. The molecule has 0 aliphatic heterocycles. The van der Waals surface area contributed by atoms with Gasteiger partial charge in [0.2, 0.25) is 5.13 Å². The molecule has 0 saturated carbocycles. The minimum atomic E-state index is -0.00629. The molecule has 0 radical (unpaired) electrons. The van der Waals surface area contributed by atoms with Crippen LogP contribution in [0.1, 0.15) is 0 Å². The number of aliphatic imine (C=N–C) groups is 1.